The Balaban J connectivity index is 1.48. The maximum Gasteiger partial charge on any atom is 0.251 e. The van der Waals surface area contributed by atoms with Crippen LogP contribution in [0.2, 0.25) is 0 Å². The highest BCUT2D eigenvalue weighted by molar-refractivity contribution is 7.09. The van der Waals surface area contributed by atoms with Crippen LogP contribution in [0.15, 0.2) is 36.1 Å². The first kappa shape index (κ1) is 18.7. The topological polar surface area (TPSA) is 88.0 Å². The van der Waals surface area contributed by atoms with Crippen LogP contribution in [-0.4, -0.2) is 32.5 Å². The third kappa shape index (κ3) is 3.95. The van der Waals surface area contributed by atoms with Gasteiger partial charge in [0.05, 0.1) is 16.1 Å². The Morgan fingerprint density at radius 3 is 2.64 bits per heavy atom. The van der Waals surface area contributed by atoms with E-state index in [2.05, 4.69) is 20.3 Å². The normalized spacial score (nSPS) is 14.7. The molecule has 7 heteroatoms. The van der Waals surface area contributed by atoms with E-state index in [4.69, 9.17) is 0 Å². The summed E-state index contributed by atoms with van der Waals surface area (Å²) in [4.78, 5) is 26.5. The highest BCUT2D eigenvalue weighted by atomic mass is 32.1. The summed E-state index contributed by atoms with van der Waals surface area (Å²) in [5.41, 5.74) is 5.88. The first-order chi connectivity index (χ1) is 13.5. The summed E-state index contributed by atoms with van der Waals surface area (Å²) in [7, 11) is 0. The van der Waals surface area contributed by atoms with E-state index in [0.29, 0.717) is 17.3 Å². The van der Waals surface area contributed by atoms with Gasteiger partial charge < -0.3 is 10.4 Å². The molecular weight excluding hydrogens is 372 g/mol. The van der Waals surface area contributed by atoms with E-state index in [1.807, 2.05) is 38.4 Å². The lowest BCUT2D eigenvalue weighted by Crippen LogP contribution is -2.29. The Labute approximate surface area is 167 Å². The van der Waals surface area contributed by atoms with Crippen molar-refractivity contribution in [2.45, 2.75) is 38.7 Å². The van der Waals surface area contributed by atoms with Crippen molar-refractivity contribution < 1.29 is 9.90 Å². The number of rotatable bonds is 6. The number of thiazole rings is 1. The zero-order valence-electron chi connectivity index (χ0n) is 15.8. The molecule has 1 aliphatic carbocycles. The molecule has 1 aliphatic rings. The number of nitrogens with one attached hydrogen (secondary N) is 1. The molecule has 0 unspecified atom stereocenters. The van der Waals surface area contributed by atoms with Crippen LogP contribution in [0.25, 0.3) is 11.4 Å². The fraction of sp³-hybridized carbons (Fsp3) is 0.333. The maximum absolute atomic E-state index is 12.7. The molecule has 1 saturated carbocycles. The second-order valence-corrected chi connectivity index (χ2v) is 8.06. The SMILES string of the molecule is Cc1ccc(-c2ncc(C3CC3)cn2)cc1C(=O)NC[C@@H](O)c1scnc1C. The van der Waals surface area contributed by atoms with Crippen molar-refractivity contribution in [3.63, 3.8) is 0 Å². The third-order valence-corrected chi connectivity index (χ3v) is 6.03. The van der Waals surface area contributed by atoms with Crippen LogP contribution in [-0.2, 0) is 0 Å². The minimum atomic E-state index is -0.766. The lowest BCUT2D eigenvalue weighted by molar-refractivity contribution is 0.0917. The lowest BCUT2D eigenvalue weighted by Gasteiger charge is -2.13. The van der Waals surface area contributed by atoms with E-state index >= 15 is 0 Å². The number of carbonyl (C=O) groups excluding carboxylic acids is 1. The monoisotopic (exact) mass is 394 g/mol. The fourth-order valence-electron chi connectivity index (χ4n) is 3.13. The molecule has 0 bridgehead atoms. The van der Waals surface area contributed by atoms with E-state index in [9.17, 15) is 9.90 Å². The minimum absolute atomic E-state index is 0.137. The van der Waals surface area contributed by atoms with Gasteiger partial charge in [-0.05, 0) is 49.8 Å². The Bertz CT molecular complexity index is 996. The predicted octanol–water partition coefficient (Wildman–Crippen LogP) is 3.56. The molecule has 6 nitrogen and oxygen atoms in total. The molecule has 28 heavy (non-hydrogen) atoms. The van der Waals surface area contributed by atoms with Crippen LogP contribution in [0.5, 0.6) is 0 Å². The lowest BCUT2D eigenvalue weighted by atomic mass is 10.0. The summed E-state index contributed by atoms with van der Waals surface area (Å²) in [5.74, 6) is 0.996. The van der Waals surface area contributed by atoms with Crippen LogP contribution in [0.3, 0.4) is 0 Å². The molecule has 0 aliphatic heterocycles. The van der Waals surface area contributed by atoms with Crippen LogP contribution in [0.4, 0.5) is 0 Å². The molecule has 2 heterocycles. The van der Waals surface area contributed by atoms with Crippen LogP contribution in [0, 0.1) is 13.8 Å². The summed E-state index contributed by atoms with van der Waals surface area (Å²) >= 11 is 1.39. The molecule has 1 aromatic carbocycles. The van der Waals surface area contributed by atoms with E-state index in [0.717, 1.165) is 21.7 Å². The third-order valence-electron chi connectivity index (χ3n) is 5.00. The molecule has 0 radical (unpaired) electrons. The summed E-state index contributed by atoms with van der Waals surface area (Å²) in [5, 5.41) is 13.1. The van der Waals surface area contributed by atoms with E-state index in [-0.39, 0.29) is 12.5 Å². The fourth-order valence-corrected chi connectivity index (χ4v) is 3.92. The Morgan fingerprint density at radius 1 is 1.25 bits per heavy atom. The maximum atomic E-state index is 12.7. The molecule has 1 amide bonds. The first-order valence-corrected chi connectivity index (χ1v) is 10.2. The van der Waals surface area contributed by atoms with Crippen molar-refractivity contribution in [3.8, 4) is 11.4 Å². The molecule has 3 aromatic rings. The van der Waals surface area contributed by atoms with Gasteiger partial charge in [-0.3, -0.25) is 4.79 Å². The number of aromatic nitrogens is 3. The average molecular weight is 395 g/mol. The molecule has 1 atom stereocenters. The zero-order chi connectivity index (χ0) is 19.7. The van der Waals surface area contributed by atoms with Gasteiger partial charge in [0.1, 0.15) is 6.10 Å². The summed E-state index contributed by atoms with van der Waals surface area (Å²) < 4.78 is 0. The molecule has 2 N–H and O–H groups in total. The van der Waals surface area contributed by atoms with Gasteiger partial charge in [0.2, 0.25) is 0 Å². The molecule has 4 rings (SSSR count). The predicted molar refractivity (Wildman–Crippen MR) is 108 cm³/mol. The second kappa shape index (κ2) is 7.77. The molecule has 144 valence electrons. The number of hydrogen-bond donors (Lipinski definition) is 2. The zero-order valence-corrected chi connectivity index (χ0v) is 16.7. The van der Waals surface area contributed by atoms with Gasteiger partial charge in [-0.2, -0.15) is 0 Å². The largest absolute Gasteiger partial charge is 0.386 e. The number of carbonyl (C=O) groups is 1. The van der Waals surface area contributed by atoms with Gasteiger partial charge in [-0.1, -0.05) is 12.1 Å². The molecule has 0 saturated heterocycles. The quantitative estimate of drug-likeness (QED) is 0.667. The number of amides is 1. The number of benzene rings is 1. The smallest absolute Gasteiger partial charge is 0.251 e. The Kier molecular flexibility index (Phi) is 5.19. The number of aliphatic hydroxyl groups is 1. The number of nitrogens with zero attached hydrogens (tertiary/aromatic N) is 3. The van der Waals surface area contributed by atoms with E-state index in [1.165, 1.54) is 29.7 Å². The van der Waals surface area contributed by atoms with Gasteiger partial charge in [-0.25, -0.2) is 15.0 Å². The van der Waals surface area contributed by atoms with E-state index < -0.39 is 6.10 Å². The van der Waals surface area contributed by atoms with Crippen LogP contribution < -0.4 is 5.32 Å². The molecule has 0 spiro atoms. The van der Waals surface area contributed by atoms with Gasteiger partial charge in [-0.15, -0.1) is 11.3 Å². The standard InChI is InChI=1S/C21H22N4O2S/c1-12-3-4-15(20-22-8-16(9-23-20)14-5-6-14)7-17(12)21(27)24-10-18(26)19-13(2)25-11-28-19/h3-4,7-9,11,14,18,26H,5-6,10H2,1-2H3,(H,24,27)/t18-/m1/s1. The van der Waals surface area contributed by atoms with Crippen molar-refractivity contribution in [3.05, 3.63) is 63.4 Å². The Morgan fingerprint density at radius 2 is 2.00 bits per heavy atom. The number of aryl methyl sites for hydroxylation is 2. The van der Waals surface area contributed by atoms with Crippen molar-refractivity contribution >= 4 is 17.2 Å². The van der Waals surface area contributed by atoms with Crippen LogP contribution in [0.1, 0.15) is 56.9 Å². The van der Waals surface area contributed by atoms with E-state index in [1.54, 1.807) is 11.6 Å². The van der Waals surface area contributed by atoms with Gasteiger partial charge >= 0.3 is 0 Å². The summed E-state index contributed by atoms with van der Waals surface area (Å²) in [6.45, 7) is 3.87. The van der Waals surface area contributed by atoms with Gasteiger partial charge in [0.25, 0.3) is 5.91 Å². The average Bonchev–Trinajstić information content (AvgIpc) is 3.47. The minimum Gasteiger partial charge on any atom is -0.386 e. The van der Waals surface area contributed by atoms with Crippen molar-refractivity contribution in [2.24, 2.45) is 0 Å². The summed E-state index contributed by atoms with van der Waals surface area (Å²) in [6, 6.07) is 5.63. The number of aliphatic hydroxyl groups excluding tert-OH is 1. The Hall–Kier alpha value is -2.64. The highest BCUT2D eigenvalue weighted by Crippen LogP contribution is 2.39. The summed E-state index contributed by atoms with van der Waals surface area (Å²) in [6.07, 6.45) is 5.42. The van der Waals surface area contributed by atoms with Crippen molar-refractivity contribution in [2.75, 3.05) is 6.54 Å². The second-order valence-electron chi connectivity index (χ2n) is 7.17. The first-order valence-electron chi connectivity index (χ1n) is 9.32. The van der Waals surface area contributed by atoms with Gasteiger partial charge in [0.15, 0.2) is 5.82 Å². The molecule has 1 fully saturated rings. The highest BCUT2D eigenvalue weighted by Gasteiger charge is 2.24. The van der Waals surface area contributed by atoms with Gasteiger partial charge in [0, 0.05) is 30.1 Å². The number of hydrogen-bond acceptors (Lipinski definition) is 6. The van der Waals surface area contributed by atoms with Crippen molar-refractivity contribution in [1.82, 2.24) is 20.3 Å². The molecule has 2 aromatic heterocycles. The van der Waals surface area contributed by atoms with Crippen molar-refractivity contribution in [1.29, 1.82) is 0 Å². The van der Waals surface area contributed by atoms with Crippen LogP contribution >= 0.6 is 11.3 Å². The molecular formula is C21H22N4O2S.